The van der Waals surface area contributed by atoms with Crippen LogP contribution in [0, 0.1) is 0 Å². The normalized spacial score (nSPS) is 18.9. The lowest BCUT2D eigenvalue weighted by Gasteiger charge is -2.34. The third-order valence-electron chi connectivity index (χ3n) is 3.91. The van der Waals surface area contributed by atoms with Crippen LogP contribution in [0.25, 0.3) is 0 Å². The molecule has 1 atom stereocenters. The summed E-state index contributed by atoms with van der Waals surface area (Å²) in [5, 5.41) is 10.1. The summed E-state index contributed by atoms with van der Waals surface area (Å²) in [6.45, 7) is 10.4. The van der Waals surface area contributed by atoms with E-state index in [0.717, 1.165) is 26.2 Å². The highest BCUT2D eigenvalue weighted by atomic mass is 16.3. The molecule has 0 radical (unpaired) electrons. The number of urea groups is 1. The number of likely N-dealkylation sites (N-methyl/N-ethyl adjacent to an activating group) is 2. The number of hydrogen-bond donors (Lipinski definition) is 1. The number of nitrogens with zero attached hydrogens (tertiary/aromatic N) is 4. The molecule has 118 valence electrons. The van der Waals surface area contributed by atoms with Gasteiger partial charge < -0.3 is 19.8 Å². The first kappa shape index (κ1) is 17.2. The number of hydrogen-bond acceptors (Lipinski definition) is 4. The molecule has 0 aromatic heterocycles. The third kappa shape index (κ3) is 5.26. The van der Waals surface area contributed by atoms with Crippen LogP contribution in [0.2, 0.25) is 0 Å². The molecule has 0 spiro atoms. The fraction of sp³-hybridized carbons (Fsp3) is 0.929. The number of amides is 2. The van der Waals surface area contributed by atoms with E-state index in [-0.39, 0.29) is 6.03 Å². The fourth-order valence-electron chi connectivity index (χ4n) is 2.52. The SMILES string of the molecule is CCN(CC)C(=O)N(C)CC(O)CN1CCN(C)CC1. The average molecular weight is 286 g/mol. The van der Waals surface area contributed by atoms with Gasteiger partial charge in [-0.25, -0.2) is 4.79 Å². The number of β-amino-alcohol motifs (C(OH)–C–C–N with tert-alkyl or cyclic N) is 1. The second kappa shape index (κ2) is 8.44. The van der Waals surface area contributed by atoms with Crippen molar-refractivity contribution in [2.75, 3.05) is 66.5 Å². The Morgan fingerprint density at radius 3 is 2.25 bits per heavy atom. The Labute approximate surface area is 122 Å². The van der Waals surface area contributed by atoms with Gasteiger partial charge >= 0.3 is 6.03 Å². The molecule has 1 N–H and O–H groups in total. The predicted molar refractivity (Wildman–Crippen MR) is 80.9 cm³/mol. The molecule has 2 amide bonds. The van der Waals surface area contributed by atoms with E-state index in [2.05, 4.69) is 16.8 Å². The summed E-state index contributed by atoms with van der Waals surface area (Å²) in [5.41, 5.74) is 0. The molecular formula is C14H30N4O2. The van der Waals surface area contributed by atoms with Crippen LogP contribution in [0.3, 0.4) is 0 Å². The fourth-order valence-corrected chi connectivity index (χ4v) is 2.52. The summed E-state index contributed by atoms with van der Waals surface area (Å²) in [7, 11) is 3.87. The van der Waals surface area contributed by atoms with E-state index in [4.69, 9.17) is 0 Å². The largest absolute Gasteiger partial charge is 0.390 e. The quantitative estimate of drug-likeness (QED) is 0.746. The minimum absolute atomic E-state index is 0.00701. The zero-order valence-corrected chi connectivity index (χ0v) is 13.4. The minimum atomic E-state index is -0.483. The Morgan fingerprint density at radius 2 is 1.75 bits per heavy atom. The number of carbonyl (C=O) groups is 1. The molecule has 0 aliphatic carbocycles. The van der Waals surface area contributed by atoms with Crippen LogP contribution >= 0.6 is 0 Å². The molecule has 6 heteroatoms. The van der Waals surface area contributed by atoms with Gasteiger partial charge in [-0.15, -0.1) is 0 Å². The van der Waals surface area contributed by atoms with E-state index in [1.54, 1.807) is 16.8 Å². The molecule has 1 rings (SSSR count). The van der Waals surface area contributed by atoms with Crippen molar-refractivity contribution in [1.29, 1.82) is 0 Å². The molecule has 0 saturated carbocycles. The maximum atomic E-state index is 12.1. The first-order chi connectivity index (χ1) is 9.47. The zero-order valence-electron chi connectivity index (χ0n) is 13.4. The lowest BCUT2D eigenvalue weighted by atomic mass is 10.2. The second-order valence-electron chi connectivity index (χ2n) is 5.59. The van der Waals surface area contributed by atoms with E-state index in [1.807, 2.05) is 13.8 Å². The molecule has 1 saturated heterocycles. The number of carbonyl (C=O) groups excluding carboxylic acids is 1. The third-order valence-corrected chi connectivity index (χ3v) is 3.91. The number of aliphatic hydroxyl groups is 1. The van der Waals surface area contributed by atoms with E-state index < -0.39 is 6.10 Å². The molecule has 0 bridgehead atoms. The van der Waals surface area contributed by atoms with Gasteiger partial charge in [0.15, 0.2) is 0 Å². The summed E-state index contributed by atoms with van der Waals surface area (Å²) in [6, 6.07) is -0.00701. The van der Waals surface area contributed by atoms with Gasteiger partial charge in [-0.1, -0.05) is 0 Å². The Hall–Kier alpha value is -0.850. The standard InChI is InChI=1S/C14H30N4O2/c1-5-18(6-2)14(20)16(4)11-13(19)12-17-9-7-15(3)8-10-17/h13,19H,5-12H2,1-4H3. The molecule has 1 unspecified atom stereocenters. The van der Waals surface area contributed by atoms with Gasteiger partial charge in [0.1, 0.15) is 0 Å². The summed E-state index contributed by atoms with van der Waals surface area (Å²) >= 11 is 0. The number of aliphatic hydroxyl groups excluding tert-OH is 1. The summed E-state index contributed by atoms with van der Waals surface area (Å²) in [6.07, 6.45) is -0.483. The Morgan fingerprint density at radius 1 is 1.20 bits per heavy atom. The Bertz CT molecular complexity index is 289. The highest BCUT2D eigenvalue weighted by molar-refractivity contribution is 5.74. The van der Waals surface area contributed by atoms with Crippen LogP contribution in [0.1, 0.15) is 13.8 Å². The molecule has 1 fully saturated rings. The number of rotatable bonds is 6. The summed E-state index contributed by atoms with van der Waals surface area (Å²) in [5.74, 6) is 0. The van der Waals surface area contributed by atoms with Crippen LogP contribution in [0.5, 0.6) is 0 Å². The Kier molecular flexibility index (Phi) is 7.26. The van der Waals surface area contributed by atoms with Gasteiger partial charge in [-0.05, 0) is 20.9 Å². The van der Waals surface area contributed by atoms with Crippen molar-refractivity contribution in [2.24, 2.45) is 0 Å². The van der Waals surface area contributed by atoms with Gasteiger partial charge in [-0.2, -0.15) is 0 Å². The smallest absolute Gasteiger partial charge is 0.319 e. The zero-order chi connectivity index (χ0) is 15.1. The molecule has 0 aromatic carbocycles. The van der Waals surface area contributed by atoms with Crippen molar-refractivity contribution < 1.29 is 9.90 Å². The maximum absolute atomic E-state index is 12.1. The highest BCUT2D eigenvalue weighted by Gasteiger charge is 2.21. The van der Waals surface area contributed by atoms with Crippen molar-refractivity contribution in [3.8, 4) is 0 Å². The van der Waals surface area contributed by atoms with E-state index in [0.29, 0.717) is 26.2 Å². The van der Waals surface area contributed by atoms with Crippen LogP contribution in [0.4, 0.5) is 4.79 Å². The highest BCUT2D eigenvalue weighted by Crippen LogP contribution is 2.03. The number of piperazine rings is 1. The lowest BCUT2D eigenvalue weighted by Crippen LogP contribution is -2.50. The first-order valence-corrected chi connectivity index (χ1v) is 7.56. The van der Waals surface area contributed by atoms with E-state index in [1.165, 1.54) is 0 Å². The van der Waals surface area contributed by atoms with Gasteiger partial charge in [-0.3, -0.25) is 4.90 Å². The molecule has 1 heterocycles. The van der Waals surface area contributed by atoms with Gasteiger partial charge in [0.25, 0.3) is 0 Å². The van der Waals surface area contributed by atoms with Crippen molar-refractivity contribution in [3.63, 3.8) is 0 Å². The van der Waals surface area contributed by atoms with Crippen LogP contribution in [-0.4, -0.2) is 103 Å². The maximum Gasteiger partial charge on any atom is 0.319 e. The van der Waals surface area contributed by atoms with Gasteiger partial charge in [0.05, 0.1) is 6.10 Å². The monoisotopic (exact) mass is 286 g/mol. The molecule has 6 nitrogen and oxygen atoms in total. The van der Waals surface area contributed by atoms with Crippen LogP contribution < -0.4 is 0 Å². The summed E-state index contributed by atoms with van der Waals surface area (Å²) < 4.78 is 0. The predicted octanol–water partition coefficient (Wildman–Crippen LogP) is -0.0117. The topological polar surface area (TPSA) is 50.3 Å². The van der Waals surface area contributed by atoms with Crippen LogP contribution in [0.15, 0.2) is 0 Å². The lowest BCUT2D eigenvalue weighted by molar-refractivity contribution is 0.0619. The minimum Gasteiger partial charge on any atom is -0.390 e. The van der Waals surface area contributed by atoms with Crippen molar-refractivity contribution in [2.45, 2.75) is 20.0 Å². The second-order valence-corrected chi connectivity index (χ2v) is 5.59. The van der Waals surface area contributed by atoms with Crippen molar-refractivity contribution in [3.05, 3.63) is 0 Å². The summed E-state index contributed by atoms with van der Waals surface area (Å²) in [4.78, 5) is 20.0. The molecular weight excluding hydrogens is 256 g/mol. The average Bonchev–Trinajstić information content (AvgIpc) is 2.42. The van der Waals surface area contributed by atoms with E-state index >= 15 is 0 Å². The first-order valence-electron chi connectivity index (χ1n) is 7.56. The molecule has 20 heavy (non-hydrogen) atoms. The Balaban J connectivity index is 2.33. The van der Waals surface area contributed by atoms with Gasteiger partial charge in [0.2, 0.25) is 0 Å². The molecule has 0 aromatic rings. The molecule has 1 aliphatic rings. The van der Waals surface area contributed by atoms with Crippen LogP contribution in [-0.2, 0) is 0 Å². The van der Waals surface area contributed by atoms with Gasteiger partial charge in [0, 0.05) is 59.4 Å². The van der Waals surface area contributed by atoms with E-state index in [9.17, 15) is 9.90 Å². The van der Waals surface area contributed by atoms with Crippen molar-refractivity contribution >= 4 is 6.03 Å². The van der Waals surface area contributed by atoms with Crippen molar-refractivity contribution in [1.82, 2.24) is 19.6 Å². The molecule has 1 aliphatic heterocycles.